The van der Waals surface area contributed by atoms with Gasteiger partial charge in [0.2, 0.25) is 10.0 Å². The van der Waals surface area contributed by atoms with Gasteiger partial charge >= 0.3 is 0 Å². The summed E-state index contributed by atoms with van der Waals surface area (Å²) in [6.07, 6.45) is 1.67. The van der Waals surface area contributed by atoms with Gasteiger partial charge in [-0.25, -0.2) is 18.5 Å². The van der Waals surface area contributed by atoms with E-state index in [1.54, 1.807) is 23.2 Å². The summed E-state index contributed by atoms with van der Waals surface area (Å²) in [6.45, 7) is 1.91. The van der Waals surface area contributed by atoms with Gasteiger partial charge in [-0.1, -0.05) is 12.1 Å². The fraction of sp³-hybridized carbons (Fsp3) is 0.167. The first kappa shape index (κ1) is 15.8. The standard InChI is InChI=1S/C12H14N4O2S3/c1-8(16(11(13)19)12-15-6-7-20-12)9-2-4-10(5-3-9)21(14,17)18/h2-8H,1H3,(H2,13,19)(H2,14,17,18). The zero-order valence-electron chi connectivity index (χ0n) is 11.1. The van der Waals surface area contributed by atoms with Crippen molar-refractivity contribution in [2.45, 2.75) is 17.9 Å². The zero-order chi connectivity index (χ0) is 15.6. The number of nitrogens with two attached hydrogens (primary N) is 2. The minimum atomic E-state index is -3.70. The molecular formula is C12H14N4O2S3. The Morgan fingerprint density at radius 3 is 2.43 bits per heavy atom. The van der Waals surface area contributed by atoms with Gasteiger partial charge in [-0.3, -0.25) is 4.90 Å². The molecule has 0 saturated heterocycles. The van der Waals surface area contributed by atoms with Gasteiger partial charge in [0, 0.05) is 11.6 Å². The SMILES string of the molecule is CC(c1ccc(S(N)(=O)=O)cc1)N(C(N)=S)c1nccs1. The lowest BCUT2D eigenvalue weighted by Crippen LogP contribution is -2.37. The van der Waals surface area contributed by atoms with E-state index in [1.165, 1.54) is 23.5 Å². The normalized spacial score (nSPS) is 12.9. The second-order valence-corrected chi connectivity index (χ2v) is 7.17. The Balaban J connectivity index is 2.34. The van der Waals surface area contributed by atoms with Crippen LogP contribution in [0.15, 0.2) is 40.7 Å². The van der Waals surface area contributed by atoms with Crippen LogP contribution in [0.25, 0.3) is 0 Å². The van der Waals surface area contributed by atoms with Gasteiger partial charge < -0.3 is 5.73 Å². The van der Waals surface area contributed by atoms with Crippen molar-refractivity contribution in [3.8, 4) is 0 Å². The Labute approximate surface area is 132 Å². The molecule has 0 bridgehead atoms. The van der Waals surface area contributed by atoms with Gasteiger partial charge in [0.1, 0.15) is 0 Å². The van der Waals surface area contributed by atoms with Crippen LogP contribution in [0.4, 0.5) is 5.13 Å². The molecule has 1 unspecified atom stereocenters. The lowest BCUT2D eigenvalue weighted by atomic mass is 10.1. The summed E-state index contributed by atoms with van der Waals surface area (Å²) in [5.41, 5.74) is 6.63. The molecule has 1 heterocycles. The number of benzene rings is 1. The highest BCUT2D eigenvalue weighted by atomic mass is 32.2. The summed E-state index contributed by atoms with van der Waals surface area (Å²) in [5, 5.41) is 7.80. The van der Waals surface area contributed by atoms with Crippen LogP contribution in [0.3, 0.4) is 0 Å². The monoisotopic (exact) mass is 342 g/mol. The largest absolute Gasteiger partial charge is 0.376 e. The lowest BCUT2D eigenvalue weighted by molar-refractivity contribution is 0.597. The molecule has 0 amide bonds. The fourth-order valence-electron chi connectivity index (χ4n) is 1.87. The molecule has 0 aliphatic carbocycles. The summed E-state index contributed by atoms with van der Waals surface area (Å²) < 4.78 is 22.5. The van der Waals surface area contributed by atoms with Gasteiger partial charge in [-0.15, -0.1) is 11.3 Å². The number of aromatic nitrogens is 1. The first-order valence-electron chi connectivity index (χ1n) is 5.91. The zero-order valence-corrected chi connectivity index (χ0v) is 13.6. The van der Waals surface area contributed by atoms with Gasteiger partial charge in [0.25, 0.3) is 0 Å². The third-order valence-corrected chi connectivity index (χ3v) is 4.84. The van der Waals surface area contributed by atoms with Gasteiger partial charge in [-0.05, 0) is 36.8 Å². The molecule has 0 aliphatic rings. The molecule has 0 spiro atoms. The van der Waals surface area contributed by atoms with Gasteiger partial charge in [0.05, 0.1) is 10.9 Å². The van der Waals surface area contributed by atoms with E-state index in [0.29, 0.717) is 5.13 Å². The summed E-state index contributed by atoms with van der Waals surface area (Å²) >= 11 is 6.50. The number of thiazole rings is 1. The van der Waals surface area contributed by atoms with Crippen LogP contribution < -0.4 is 15.8 Å². The van der Waals surface area contributed by atoms with Crippen molar-refractivity contribution < 1.29 is 8.42 Å². The average molecular weight is 342 g/mol. The highest BCUT2D eigenvalue weighted by Gasteiger charge is 2.21. The maximum Gasteiger partial charge on any atom is 0.238 e. The molecule has 1 atom stereocenters. The first-order chi connectivity index (χ1) is 9.80. The summed E-state index contributed by atoms with van der Waals surface area (Å²) in [5.74, 6) is 0. The Morgan fingerprint density at radius 1 is 1.38 bits per heavy atom. The van der Waals surface area contributed by atoms with Crippen LogP contribution >= 0.6 is 23.6 Å². The Bertz CT molecular complexity index is 726. The van der Waals surface area contributed by atoms with E-state index in [1.807, 2.05) is 12.3 Å². The summed E-state index contributed by atoms with van der Waals surface area (Å²) in [7, 11) is -3.70. The van der Waals surface area contributed by atoms with Crippen LogP contribution in [0.2, 0.25) is 0 Å². The number of sulfonamides is 1. The Hall–Kier alpha value is -1.55. The van der Waals surface area contributed by atoms with Crippen molar-refractivity contribution >= 4 is 43.8 Å². The van der Waals surface area contributed by atoms with Crippen LogP contribution in [-0.2, 0) is 10.0 Å². The molecule has 1 aromatic heterocycles. The van der Waals surface area contributed by atoms with E-state index in [-0.39, 0.29) is 16.0 Å². The van der Waals surface area contributed by atoms with E-state index < -0.39 is 10.0 Å². The van der Waals surface area contributed by atoms with E-state index in [0.717, 1.165) is 5.56 Å². The van der Waals surface area contributed by atoms with Crippen molar-refractivity contribution in [2.75, 3.05) is 4.90 Å². The number of primary sulfonamides is 1. The van der Waals surface area contributed by atoms with Crippen LogP contribution in [0, 0.1) is 0 Å². The molecule has 2 rings (SSSR count). The number of rotatable bonds is 4. The average Bonchev–Trinajstić information content (AvgIpc) is 2.91. The maximum atomic E-state index is 11.3. The van der Waals surface area contributed by atoms with Crippen molar-refractivity contribution in [1.29, 1.82) is 0 Å². The highest BCUT2D eigenvalue weighted by Crippen LogP contribution is 2.28. The molecule has 4 N–H and O–H groups in total. The van der Waals surface area contributed by atoms with Crippen LogP contribution in [-0.4, -0.2) is 18.5 Å². The van der Waals surface area contributed by atoms with Crippen molar-refractivity contribution in [3.63, 3.8) is 0 Å². The van der Waals surface area contributed by atoms with E-state index in [9.17, 15) is 8.42 Å². The van der Waals surface area contributed by atoms with Gasteiger partial charge in [0.15, 0.2) is 10.2 Å². The fourth-order valence-corrected chi connectivity index (χ4v) is 3.42. The van der Waals surface area contributed by atoms with Crippen LogP contribution in [0.1, 0.15) is 18.5 Å². The minimum absolute atomic E-state index is 0.0644. The third-order valence-electron chi connectivity index (χ3n) is 2.94. The van der Waals surface area contributed by atoms with Crippen molar-refractivity contribution in [2.24, 2.45) is 10.9 Å². The minimum Gasteiger partial charge on any atom is -0.376 e. The van der Waals surface area contributed by atoms with E-state index >= 15 is 0 Å². The number of hydrogen-bond acceptors (Lipinski definition) is 5. The second-order valence-electron chi connectivity index (χ2n) is 4.31. The smallest absolute Gasteiger partial charge is 0.238 e. The Morgan fingerprint density at radius 2 is 2.00 bits per heavy atom. The molecule has 0 fully saturated rings. The van der Waals surface area contributed by atoms with Crippen molar-refractivity contribution in [3.05, 3.63) is 41.4 Å². The quantitative estimate of drug-likeness (QED) is 0.818. The number of anilines is 1. The second kappa shape index (κ2) is 6.06. The van der Waals surface area contributed by atoms with E-state index in [4.69, 9.17) is 23.1 Å². The number of thiocarbonyl (C=S) groups is 1. The van der Waals surface area contributed by atoms with Crippen LogP contribution in [0.5, 0.6) is 0 Å². The molecule has 2 aromatic rings. The number of hydrogen-bond donors (Lipinski definition) is 2. The first-order valence-corrected chi connectivity index (χ1v) is 8.75. The Kier molecular flexibility index (Phi) is 4.57. The maximum absolute atomic E-state index is 11.3. The predicted octanol–water partition coefficient (Wildman–Crippen LogP) is 1.60. The molecule has 0 aliphatic heterocycles. The molecule has 0 radical (unpaired) electrons. The molecule has 112 valence electrons. The third kappa shape index (κ3) is 3.56. The van der Waals surface area contributed by atoms with E-state index in [2.05, 4.69) is 4.98 Å². The van der Waals surface area contributed by atoms with Crippen molar-refractivity contribution in [1.82, 2.24) is 4.98 Å². The topological polar surface area (TPSA) is 102 Å². The predicted molar refractivity (Wildman–Crippen MR) is 87.6 cm³/mol. The molecular weight excluding hydrogens is 328 g/mol. The molecule has 6 nitrogen and oxygen atoms in total. The summed E-state index contributed by atoms with van der Waals surface area (Å²) in [4.78, 5) is 5.98. The van der Waals surface area contributed by atoms with Gasteiger partial charge in [-0.2, -0.15) is 0 Å². The molecule has 21 heavy (non-hydrogen) atoms. The summed E-state index contributed by atoms with van der Waals surface area (Å²) in [6, 6.07) is 6.11. The molecule has 9 heteroatoms. The number of nitrogens with zero attached hydrogens (tertiary/aromatic N) is 2. The molecule has 1 aromatic carbocycles. The highest BCUT2D eigenvalue weighted by molar-refractivity contribution is 7.89. The molecule has 0 saturated carbocycles. The lowest BCUT2D eigenvalue weighted by Gasteiger charge is -2.27.